The number of hydrogen-bond donors (Lipinski definition) is 1. The van der Waals surface area contributed by atoms with Gasteiger partial charge in [-0.25, -0.2) is 4.79 Å². The first-order valence-electron chi connectivity index (χ1n) is 14.8. The van der Waals surface area contributed by atoms with E-state index < -0.39 is 16.3 Å². The molecule has 1 spiro atoms. The summed E-state index contributed by atoms with van der Waals surface area (Å²) in [5, 5.41) is 3.23. The molecule has 228 valence electrons. The van der Waals surface area contributed by atoms with Gasteiger partial charge in [0.05, 0.1) is 25.0 Å². The van der Waals surface area contributed by atoms with Crippen molar-refractivity contribution in [2.75, 3.05) is 38.3 Å². The zero-order valence-electron chi connectivity index (χ0n) is 25.5. The maximum atomic E-state index is 12.6. The zero-order chi connectivity index (χ0) is 30.0. The van der Waals surface area contributed by atoms with Gasteiger partial charge in [-0.15, -0.1) is 0 Å². The van der Waals surface area contributed by atoms with E-state index in [2.05, 4.69) is 22.3 Å². The molecule has 2 aliphatic carbocycles. The number of aryl methyl sites for hydroxylation is 1. The molecule has 1 amide bonds. The van der Waals surface area contributed by atoms with Crippen LogP contribution < -0.4 is 44.5 Å². The van der Waals surface area contributed by atoms with E-state index >= 15 is 0 Å². The number of halogens is 1. The fourth-order valence-corrected chi connectivity index (χ4v) is 7.42. The number of hydrogen-bond acceptors (Lipinski definition) is 7. The van der Waals surface area contributed by atoms with E-state index in [4.69, 9.17) is 21.1 Å². The van der Waals surface area contributed by atoms with E-state index in [0.717, 1.165) is 61.7 Å². The van der Waals surface area contributed by atoms with Crippen LogP contribution in [0.2, 0.25) is 5.02 Å². The second-order valence-electron chi connectivity index (χ2n) is 12.3. The number of anilines is 1. The average Bonchev–Trinajstić information content (AvgIpc) is 3.11. The molecule has 43 heavy (non-hydrogen) atoms. The SMILES string of the molecule is COC(=O)c1ccc2c(c1)N(C[C@@H]1CC[C@H]1CNC(=O)C[C@@H](C)[C@@H](C)S(=O)[O-])C[C@@]1(CCCc3cc(Cl)ccc31)CO2.[Na+]. The van der Waals surface area contributed by atoms with Crippen molar-refractivity contribution >= 4 is 40.2 Å². The number of rotatable bonds is 9. The molecular formula is C32H40ClN2NaO6S. The zero-order valence-corrected chi connectivity index (χ0v) is 29.1. The number of methoxy groups -OCH3 is 1. The first kappa shape index (κ1) is 34.3. The monoisotopic (exact) mass is 638 g/mol. The Morgan fingerprint density at radius 3 is 2.67 bits per heavy atom. The van der Waals surface area contributed by atoms with Crippen LogP contribution in [-0.2, 0) is 32.4 Å². The Labute approximate surface area is 284 Å². The molecule has 2 aromatic carbocycles. The average molecular weight is 639 g/mol. The van der Waals surface area contributed by atoms with Crippen molar-refractivity contribution < 1.29 is 57.4 Å². The van der Waals surface area contributed by atoms with E-state index in [9.17, 15) is 18.4 Å². The van der Waals surface area contributed by atoms with E-state index in [1.807, 2.05) is 18.2 Å². The van der Waals surface area contributed by atoms with Crippen LogP contribution in [0.15, 0.2) is 36.4 Å². The summed E-state index contributed by atoms with van der Waals surface area (Å²) in [4.78, 5) is 27.5. The summed E-state index contributed by atoms with van der Waals surface area (Å²) in [6, 6.07) is 11.7. The van der Waals surface area contributed by atoms with E-state index in [1.165, 1.54) is 18.2 Å². The van der Waals surface area contributed by atoms with Gasteiger partial charge in [0.1, 0.15) is 5.75 Å². The number of nitrogens with zero attached hydrogens (tertiary/aromatic N) is 1. The molecule has 8 nitrogen and oxygen atoms in total. The summed E-state index contributed by atoms with van der Waals surface area (Å²) in [5.41, 5.74) is 3.70. The minimum atomic E-state index is -2.20. The maximum absolute atomic E-state index is 12.6. The van der Waals surface area contributed by atoms with Crippen LogP contribution in [-0.4, -0.2) is 59.2 Å². The van der Waals surface area contributed by atoms with Crippen LogP contribution in [0.1, 0.15) is 67.4 Å². The molecule has 1 fully saturated rings. The summed E-state index contributed by atoms with van der Waals surface area (Å²) < 4.78 is 34.1. The Morgan fingerprint density at radius 2 is 1.98 bits per heavy atom. The molecule has 1 N–H and O–H groups in total. The first-order chi connectivity index (χ1) is 20.1. The van der Waals surface area contributed by atoms with Crippen molar-refractivity contribution in [3.8, 4) is 5.75 Å². The van der Waals surface area contributed by atoms with Crippen molar-refractivity contribution in [2.24, 2.45) is 17.8 Å². The van der Waals surface area contributed by atoms with Gasteiger partial charge in [-0.3, -0.25) is 9.00 Å². The van der Waals surface area contributed by atoms with Gasteiger partial charge >= 0.3 is 35.5 Å². The predicted molar refractivity (Wildman–Crippen MR) is 163 cm³/mol. The molecule has 0 bridgehead atoms. The smallest absolute Gasteiger partial charge is 0.772 e. The summed E-state index contributed by atoms with van der Waals surface area (Å²) in [5.74, 6) is 0.682. The van der Waals surface area contributed by atoms with Gasteiger partial charge in [-0.1, -0.05) is 42.6 Å². The van der Waals surface area contributed by atoms with Crippen molar-refractivity contribution in [3.05, 3.63) is 58.1 Å². The van der Waals surface area contributed by atoms with Gasteiger partial charge in [0.25, 0.3) is 0 Å². The number of ether oxygens (including phenoxy) is 2. The minimum Gasteiger partial charge on any atom is -0.772 e. The Balaban J connectivity index is 0.00000423. The van der Waals surface area contributed by atoms with Crippen molar-refractivity contribution in [1.29, 1.82) is 0 Å². The van der Waals surface area contributed by atoms with Crippen LogP contribution in [0.25, 0.3) is 0 Å². The number of nitrogens with one attached hydrogen (secondary N) is 1. The molecule has 6 atom stereocenters. The minimum absolute atomic E-state index is 0. The van der Waals surface area contributed by atoms with Crippen LogP contribution >= 0.6 is 11.6 Å². The maximum Gasteiger partial charge on any atom is 1.00 e. The summed E-state index contributed by atoms with van der Waals surface area (Å²) in [6.07, 6.45) is 5.28. The molecular weight excluding hydrogens is 599 g/mol. The molecule has 0 radical (unpaired) electrons. The Hall–Kier alpha value is -1.62. The van der Waals surface area contributed by atoms with Crippen LogP contribution in [0.4, 0.5) is 5.69 Å². The largest absolute Gasteiger partial charge is 1.00 e. The molecule has 1 heterocycles. The van der Waals surface area contributed by atoms with Crippen LogP contribution in [0.5, 0.6) is 5.75 Å². The topological polar surface area (TPSA) is 108 Å². The standard InChI is InChI=1S/C32H41ClN2O6S.Na/c1-20(21(2)42(38)39)13-30(36)34-16-24-6-7-25(24)17-35-18-32(12-4-5-22-14-26(33)9-10-27(22)32)19-41-29-11-8-23(15-28(29)35)31(37)40-3;/h8-11,14-15,20-21,24-25H,4-7,12-13,16-19H2,1-3H3,(H,34,36)(H,38,39);/q;+1/p-1/t20-,21-,24+,25+,32+;/m1./s1. The molecule has 5 rings (SSSR count). The second-order valence-corrected chi connectivity index (χ2v) is 14.0. The number of carbonyl (C=O) groups excluding carboxylic acids is 2. The third-order valence-electron chi connectivity index (χ3n) is 9.66. The third kappa shape index (κ3) is 7.61. The number of fused-ring (bicyclic) bond motifs is 3. The fraction of sp³-hybridized carbons (Fsp3) is 0.562. The normalized spacial score (nSPS) is 24.5. The molecule has 1 unspecified atom stereocenters. The fourth-order valence-electron chi connectivity index (χ4n) is 6.75. The van der Waals surface area contributed by atoms with Gasteiger partial charge in [-0.05, 0) is 91.3 Å². The summed E-state index contributed by atoms with van der Waals surface area (Å²) in [7, 11) is 1.39. The number of benzene rings is 2. The van der Waals surface area contributed by atoms with Crippen molar-refractivity contribution in [2.45, 2.75) is 63.0 Å². The van der Waals surface area contributed by atoms with Gasteiger partial charge in [0.2, 0.25) is 5.91 Å². The van der Waals surface area contributed by atoms with E-state index in [-0.39, 0.29) is 59.2 Å². The van der Waals surface area contributed by atoms with Gasteiger partial charge in [0.15, 0.2) is 0 Å². The van der Waals surface area contributed by atoms with Crippen LogP contribution in [0, 0.1) is 17.8 Å². The van der Waals surface area contributed by atoms with Gasteiger partial charge in [-0.2, -0.15) is 0 Å². The molecule has 2 aromatic rings. The molecule has 0 aromatic heterocycles. The number of amides is 1. The molecule has 3 aliphatic rings. The van der Waals surface area contributed by atoms with Crippen molar-refractivity contribution in [1.82, 2.24) is 5.32 Å². The number of carbonyl (C=O) groups is 2. The van der Waals surface area contributed by atoms with E-state index in [1.54, 1.807) is 19.9 Å². The summed E-state index contributed by atoms with van der Waals surface area (Å²) >= 11 is 4.18. The van der Waals surface area contributed by atoms with Gasteiger partial charge in [0, 0.05) is 41.7 Å². The molecule has 1 aliphatic heterocycles. The second kappa shape index (κ2) is 14.6. The quantitative estimate of drug-likeness (QED) is 0.255. The molecule has 1 saturated carbocycles. The molecule has 0 saturated heterocycles. The predicted octanol–water partition coefficient (Wildman–Crippen LogP) is 2.04. The van der Waals surface area contributed by atoms with E-state index in [0.29, 0.717) is 30.6 Å². The molecule has 11 heteroatoms. The Bertz CT molecular complexity index is 1360. The third-order valence-corrected chi connectivity index (χ3v) is 11.0. The number of esters is 1. The van der Waals surface area contributed by atoms with Crippen LogP contribution in [0.3, 0.4) is 0 Å². The Kier molecular flexibility index (Phi) is 11.7. The van der Waals surface area contributed by atoms with Crippen molar-refractivity contribution in [3.63, 3.8) is 0 Å². The Morgan fingerprint density at radius 1 is 1.21 bits per heavy atom. The van der Waals surface area contributed by atoms with Gasteiger partial charge < -0.3 is 24.2 Å². The summed E-state index contributed by atoms with van der Waals surface area (Å²) in [6.45, 7) is 6.05. The first-order valence-corrected chi connectivity index (χ1v) is 16.4.